The van der Waals surface area contributed by atoms with Gasteiger partial charge in [0.1, 0.15) is 24.3 Å². The summed E-state index contributed by atoms with van der Waals surface area (Å²) in [5.74, 6) is 0. The molecule has 0 radical (unpaired) electrons. The Labute approximate surface area is 173 Å². The Hall–Kier alpha value is -3.96. The lowest BCUT2D eigenvalue weighted by molar-refractivity contribution is 0.234. The first-order valence-corrected chi connectivity index (χ1v) is 9.59. The number of aliphatic hydroxyl groups is 2. The molecule has 0 aromatic heterocycles. The number of hydrogen-bond acceptors (Lipinski definition) is 4. The lowest BCUT2D eigenvalue weighted by Crippen LogP contribution is -2.01. The molecule has 0 bridgehead atoms. The van der Waals surface area contributed by atoms with Crippen LogP contribution in [0.1, 0.15) is 45.6 Å². The third-order valence-corrected chi connectivity index (χ3v) is 5.83. The van der Waals surface area contributed by atoms with Gasteiger partial charge in [0.25, 0.3) is 0 Å². The number of fused-ring (bicyclic) bond motifs is 2. The summed E-state index contributed by atoms with van der Waals surface area (Å²) < 4.78 is 0. The molecule has 5 rings (SSSR count). The zero-order chi connectivity index (χ0) is 20.8. The highest BCUT2D eigenvalue weighted by Crippen LogP contribution is 2.51. The number of hydrogen-bond donors (Lipinski definition) is 2. The lowest BCUT2D eigenvalue weighted by atomic mass is 9.95. The number of nitriles is 2. The quantitative estimate of drug-likeness (QED) is 0.669. The molecule has 0 amide bonds. The molecule has 0 saturated carbocycles. The standard InChI is InChI=1S/C26H16N2O2/c27-13-21-17-11-18-20(12-19(17)25(29)23(21)15-7-3-1-4-8-15)26(30)24(22(18)14-28)16-9-5-2-6-10-16/h1-12,25-26,29-30H. The Kier molecular flexibility index (Phi) is 4.12. The van der Waals surface area contributed by atoms with Crippen molar-refractivity contribution in [3.05, 3.63) is 106 Å². The van der Waals surface area contributed by atoms with E-state index in [1.165, 1.54) is 0 Å². The van der Waals surface area contributed by atoms with Crippen LogP contribution in [0.25, 0.3) is 22.3 Å². The van der Waals surface area contributed by atoms with Crippen molar-refractivity contribution in [1.29, 1.82) is 10.5 Å². The van der Waals surface area contributed by atoms with Gasteiger partial charge in [-0.1, -0.05) is 60.7 Å². The molecule has 0 fully saturated rings. The van der Waals surface area contributed by atoms with E-state index < -0.39 is 12.2 Å². The van der Waals surface area contributed by atoms with Crippen molar-refractivity contribution in [2.75, 3.05) is 0 Å². The molecule has 2 atom stereocenters. The molecule has 142 valence electrons. The normalized spacial score (nSPS) is 19.3. The van der Waals surface area contributed by atoms with Gasteiger partial charge in [0.05, 0.1) is 11.1 Å². The van der Waals surface area contributed by atoms with Crippen LogP contribution < -0.4 is 0 Å². The molecule has 2 unspecified atom stereocenters. The van der Waals surface area contributed by atoms with E-state index in [1.807, 2.05) is 60.7 Å². The van der Waals surface area contributed by atoms with Gasteiger partial charge < -0.3 is 10.2 Å². The fraction of sp³-hybridized carbons (Fsp3) is 0.0769. The highest BCUT2D eigenvalue weighted by atomic mass is 16.3. The van der Waals surface area contributed by atoms with Crippen molar-refractivity contribution in [3.8, 4) is 12.1 Å². The second-order valence-electron chi connectivity index (χ2n) is 7.36. The Morgan fingerprint density at radius 1 is 0.600 bits per heavy atom. The highest BCUT2D eigenvalue weighted by molar-refractivity contribution is 6.08. The molecular weight excluding hydrogens is 372 g/mol. The van der Waals surface area contributed by atoms with Crippen LogP contribution in [-0.4, -0.2) is 10.2 Å². The van der Waals surface area contributed by atoms with Gasteiger partial charge in [0.15, 0.2) is 0 Å². The van der Waals surface area contributed by atoms with Crippen molar-refractivity contribution >= 4 is 22.3 Å². The fourth-order valence-corrected chi connectivity index (χ4v) is 4.47. The molecule has 4 nitrogen and oxygen atoms in total. The van der Waals surface area contributed by atoms with E-state index in [0.717, 1.165) is 11.1 Å². The van der Waals surface area contributed by atoms with Gasteiger partial charge in [0.2, 0.25) is 0 Å². The second-order valence-corrected chi connectivity index (χ2v) is 7.36. The average molecular weight is 388 g/mol. The lowest BCUT2D eigenvalue weighted by Gasteiger charge is -2.14. The smallest absolute Gasteiger partial charge is 0.107 e. The minimum absolute atomic E-state index is 0.395. The second kappa shape index (κ2) is 6.83. The van der Waals surface area contributed by atoms with Crippen LogP contribution in [0.2, 0.25) is 0 Å². The van der Waals surface area contributed by atoms with Crippen molar-refractivity contribution in [1.82, 2.24) is 0 Å². The molecule has 0 aliphatic heterocycles. The first-order chi connectivity index (χ1) is 14.7. The van der Waals surface area contributed by atoms with E-state index in [-0.39, 0.29) is 0 Å². The van der Waals surface area contributed by atoms with E-state index in [2.05, 4.69) is 12.1 Å². The van der Waals surface area contributed by atoms with Crippen LogP contribution in [0, 0.1) is 22.7 Å². The fourth-order valence-electron chi connectivity index (χ4n) is 4.47. The van der Waals surface area contributed by atoms with Crippen LogP contribution in [0.3, 0.4) is 0 Å². The number of aliphatic hydroxyl groups excluding tert-OH is 2. The first-order valence-electron chi connectivity index (χ1n) is 9.59. The van der Waals surface area contributed by atoms with E-state index in [9.17, 15) is 20.7 Å². The zero-order valence-corrected chi connectivity index (χ0v) is 15.9. The molecule has 2 aliphatic rings. The van der Waals surface area contributed by atoms with Crippen molar-refractivity contribution in [2.24, 2.45) is 0 Å². The average Bonchev–Trinajstić information content (AvgIpc) is 3.23. The summed E-state index contributed by atoms with van der Waals surface area (Å²) in [4.78, 5) is 0. The summed E-state index contributed by atoms with van der Waals surface area (Å²) in [7, 11) is 0. The van der Waals surface area contributed by atoms with Crippen molar-refractivity contribution in [2.45, 2.75) is 12.2 Å². The monoisotopic (exact) mass is 388 g/mol. The molecule has 0 spiro atoms. The predicted octanol–water partition coefficient (Wildman–Crippen LogP) is 4.65. The van der Waals surface area contributed by atoms with Crippen LogP contribution in [0.15, 0.2) is 72.8 Å². The summed E-state index contributed by atoms with van der Waals surface area (Å²) in [6, 6.07) is 26.6. The van der Waals surface area contributed by atoms with Crippen LogP contribution in [-0.2, 0) is 0 Å². The number of nitrogens with zero attached hydrogens (tertiary/aromatic N) is 2. The predicted molar refractivity (Wildman–Crippen MR) is 114 cm³/mol. The molecule has 0 saturated heterocycles. The van der Waals surface area contributed by atoms with Crippen LogP contribution >= 0.6 is 0 Å². The van der Waals surface area contributed by atoms with Crippen molar-refractivity contribution < 1.29 is 10.2 Å². The molecule has 2 N–H and O–H groups in total. The first kappa shape index (κ1) is 18.1. The number of allylic oxidation sites excluding steroid dienone is 2. The largest absolute Gasteiger partial charge is 0.384 e. The van der Waals surface area contributed by atoms with E-state index in [0.29, 0.717) is 44.5 Å². The van der Waals surface area contributed by atoms with Gasteiger partial charge in [-0.05, 0) is 45.5 Å². The molecule has 3 aromatic carbocycles. The molecule has 2 aliphatic carbocycles. The number of benzene rings is 3. The molecule has 30 heavy (non-hydrogen) atoms. The molecule has 0 heterocycles. The maximum atomic E-state index is 11.1. The Morgan fingerprint density at radius 2 is 1.00 bits per heavy atom. The van der Waals surface area contributed by atoms with Crippen LogP contribution in [0.4, 0.5) is 0 Å². The van der Waals surface area contributed by atoms with Gasteiger partial charge in [-0.25, -0.2) is 0 Å². The van der Waals surface area contributed by atoms with Crippen LogP contribution in [0.5, 0.6) is 0 Å². The Bertz CT molecular complexity index is 1220. The minimum Gasteiger partial charge on any atom is -0.384 e. The Morgan fingerprint density at radius 3 is 1.37 bits per heavy atom. The topological polar surface area (TPSA) is 88.0 Å². The minimum atomic E-state index is -0.971. The highest BCUT2D eigenvalue weighted by Gasteiger charge is 2.37. The molecular formula is C26H16N2O2. The van der Waals surface area contributed by atoms with E-state index in [1.54, 1.807) is 12.1 Å². The van der Waals surface area contributed by atoms with E-state index >= 15 is 0 Å². The maximum Gasteiger partial charge on any atom is 0.107 e. The molecule has 3 aromatic rings. The summed E-state index contributed by atoms with van der Waals surface area (Å²) >= 11 is 0. The summed E-state index contributed by atoms with van der Waals surface area (Å²) in [6.45, 7) is 0. The zero-order valence-electron chi connectivity index (χ0n) is 15.9. The molecule has 4 heteroatoms. The van der Waals surface area contributed by atoms with Gasteiger partial charge in [0, 0.05) is 11.1 Å². The Balaban J connectivity index is 1.73. The third kappa shape index (κ3) is 2.46. The number of rotatable bonds is 2. The van der Waals surface area contributed by atoms with Gasteiger partial charge in [-0.3, -0.25) is 0 Å². The van der Waals surface area contributed by atoms with Gasteiger partial charge in [-0.15, -0.1) is 0 Å². The SMILES string of the molecule is N#CC1=C(c2ccccc2)C(O)c2cc3c(cc21)C(C#N)=C(c1ccccc1)C3O. The summed E-state index contributed by atoms with van der Waals surface area (Å²) in [5.41, 5.74) is 5.82. The maximum absolute atomic E-state index is 11.1. The van der Waals surface area contributed by atoms with E-state index in [4.69, 9.17) is 0 Å². The van der Waals surface area contributed by atoms with Gasteiger partial charge in [-0.2, -0.15) is 10.5 Å². The summed E-state index contributed by atoms with van der Waals surface area (Å²) in [6.07, 6.45) is -1.94. The van der Waals surface area contributed by atoms with Gasteiger partial charge >= 0.3 is 0 Å². The van der Waals surface area contributed by atoms with Crippen molar-refractivity contribution in [3.63, 3.8) is 0 Å². The third-order valence-electron chi connectivity index (χ3n) is 5.83. The summed E-state index contributed by atoms with van der Waals surface area (Å²) in [5, 5.41) is 41.8.